The summed E-state index contributed by atoms with van der Waals surface area (Å²) < 4.78 is 0. The summed E-state index contributed by atoms with van der Waals surface area (Å²) in [7, 11) is 0. The Labute approximate surface area is 138 Å². The number of aromatic nitrogens is 1. The molecule has 2 amide bonds. The lowest BCUT2D eigenvalue weighted by molar-refractivity contribution is -0.384. The molecule has 1 aromatic carbocycles. The average Bonchev–Trinajstić information content (AvgIpc) is 3.37. The Balaban J connectivity index is 1.53. The number of non-ortho nitro benzene ring substituents is 1. The van der Waals surface area contributed by atoms with Crippen LogP contribution in [0.3, 0.4) is 0 Å². The van der Waals surface area contributed by atoms with E-state index < -0.39 is 11.0 Å². The minimum absolute atomic E-state index is 0.0716. The highest BCUT2D eigenvalue weighted by Crippen LogP contribution is 2.23. The Morgan fingerprint density at radius 2 is 2.12 bits per heavy atom. The van der Waals surface area contributed by atoms with Crippen molar-refractivity contribution in [2.24, 2.45) is 0 Å². The summed E-state index contributed by atoms with van der Waals surface area (Å²) in [4.78, 5) is 26.4. The topological polar surface area (TPSA) is 109 Å². The smallest absolute Gasteiger partial charge is 0.319 e. The second-order valence-corrected chi connectivity index (χ2v) is 5.58. The fraction of sp³-hybridized carbons (Fsp3) is 0.250. The van der Waals surface area contributed by atoms with Crippen LogP contribution in [0.15, 0.2) is 42.6 Å². The maximum Gasteiger partial charge on any atom is 0.319 e. The molecule has 0 radical (unpaired) electrons. The van der Waals surface area contributed by atoms with E-state index >= 15 is 0 Å². The molecular formula is C16H17N5O3. The van der Waals surface area contributed by atoms with Crippen molar-refractivity contribution in [3.05, 3.63) is 58.3 Å². The SMILES string of the molecule is O=C(NCc1ccnc(NC2CC2)c1)Nc1cccc([N+](=O)[O-])c1. The van der Waals surface area contributed by atoms with Gasteiger partial charge in [0.2, 0.25) is 0 Å². The normalized spacial score (nSPS) is 13.2. The predicted octanol–water partition coefficient (Wildman–Crippen LogP) is 2.89. The predicted molar refractivity (Wildman–Crippen MR) is 89.8 cm³/mol. The first-order valence-corrected chi connectivity index (χ1v) is 7.61. The molecule has 8 nitrogen and oxygen atoms in total. The molecule has 24 heavy (non-hydrogen) atoms. The van der Waals surface area contributed by atoms with Gasteiger partial charge in [-0.25, -0.2) is 9.78 Å². The maximum absolute atomic E-state index is 11.9. The zero-order chi connectivity index (χ0) is 16.9. The molecule has 1 fully saturated rings. The van der Waals surface area contributed by atoms with Gasteiger partial charge in [-0.2, -0.15) is 0 Å². The van der Waals surface area contributed by atoms with Gasteiger partial charge in [-0.05, 0) is 36.6 Å². The second kappa shape index (κ2) is 6.95. The van der Waals surface area contributed by atoms with Crippen LogP contribution in [0.1, 0.15) is 18.4 Å². The Morgan fingerprint density at radius 1 is 1.29 bits per heavy atom. The number of hydrogen-bond acceptors (Lipinski definition) is 5. The van der Waals surface area contributed by atoms with Gasteiger partial charge >= 0.3 is 6.03 Å². The quantitative estimate of drug-likeness (QED) is 0.558. The third kappa shape index (κ3) is 4.42. The zero-order valence-corrected chi connectivity index (χ0v) is 12.9. The summed E-state index contributed by atoms with van der Waals surface area (Å²) in [5.74, 6) is 0.802. The molecule has 0 atom stereocenters. The molecule has 0 bridgehead atoms. The van der Waals surface area contributed by atoms with Crippen LogP contribution in [0.4, 0.5) is 22.0 Å². The van der Waals surface area contributed by atoms with Crippen LogP contribution in [0.5, 0.6) is 0 Å². The summed E-state index contributed by atoms with van der Waals surface area (Å²) in [6.07, 6.45) is 4.02. The van der Waals surface area contributed by atoms with Crippen molar-refractivity contribution >= 4 is 23.2 Å². The average molecular weight is 327 g/mol. The van der Waals surface area contributed by atoms with Crippen molar-refractivity contribution < 1.29 is 9.72 Å². The molecule has 0 spiro atoms. The standard InChI is InChI=1S/C16H17N5O3/c22-16(20-13-2-1-3-14(9-13)21(23)24)18-10-11-6-7-17-15(8-11)19-12-4-5-12/h1-3,6-9,12H,4-5,10H2,(H,17,19)(H2,18,20,22). The number of anilines is 2. The van der Waals surface area contributed by atoms with Crippen molar-refractivity contribution in [2.75, 3.05) is 10.6 Å². The maximum atomic E-state index is 11.9. The largest absolute Gasteiger partial charge is 0.367 e. The van der Waals surface area contributed by atoms with Crippen molar-refractivity contribution in [2.45, 2.75) is 25.4 Å². The van der Waals surface area contributed by atoms with E-state index in [1.54, 1.807) is 12.3 Å². The van der Waals surface area contributed by atoms with Crippen molar-refractivity contribution in [1.29, 1.82) is 0 Å². The van der Waals surface area contributed by atoms with Gasteiger partial charge in [0.1, 0.15) is 5.82 Å². The number of nitro benzene ring substituents is 1. The van der Waals surface area contributed by atoms with E-state index in [0.717, 1.165) is 24.2 Å². The molecular weight excluding hydrogens is 310 g/mol. The minimum Gasteiger partial charge on any atom is -0.367 e. The molecule has 1 aliphatic carbocycles. The van der Waals surface area contributed by atoms with E-state index in [0.29, 0.717) is 18.3 Å². The Bertz CT molecular complexity index is 761. The third-order valence-electron chi connectivity index (χ3n) is 3.52. The highest BCUT2D eigenvalue weighted by atomic mass is 16.6. The lowest BCUT2D eigenvalue weighted by Crippen LogP contribution is -2.28. The molecule has 1 aliphatic rings. The van der Waals surface area contributed by atoms with E-state index in [-0.39, 0.29) is 5.69 Å². The first-order chi connectivity index (χ1) is 11.6. The lowest BCUT2D eigenvalue weighted by atomic mass is 10.2. The van der Waals surface area contributed by atoms with Gasteiger partial charge in [0, 0.05) is 36.6 Å². The lowest BCUT2D eigenvalue weighted by Gasteiger charge is -2.09. The third-order valence-corrected chi connectivity index (χ3v) is 3.52. The summed E-state index contributed by atoms with van der Waals surface area (Å²) in [6, 6.07) is 9.60. The Hall–Kier alpha value is -3.16. The number of pyridine rings is 1. The molecule has 3 N–H and O–H groups in total. The van der Waals surface area contributed by atoms with Crippen molar-refractivity contribution in [3.8, 4) is 0 Å². The zero-order valence-electron chi connectivity index (χ0n) is 12.9. The van der Waals surface area contributed by atoms with Gasteiger partial charge in [-0.1, -0.05) is 6.07 Å². The van der Waals surface area contributed by atoms with Gasteiger partial charge in [0.15, 0.2) is 0 Å². The minimum atomic E-state index is -0.506. The monoisotopic (exact) mass is 327 g/mol. The number of rotatable bonds is 6. The number of nitrogens with zero attached hydrogens (tertiary/aromatic N) is 2. The van der Waals surface area contributed by atoms with Crippen LogP contribution >= 0.6 is 0 Å². The van der Waals surface area contributed by atoms with Crippen LogP contribution in [-0.4, -0.2) is 22.0 Å². The van der Waals surface area contributed by atoms with Gasteiger partial charge in [-0.3, -0.25) is 10.1 Å². The van der Waals surface area contributed by atoms with E-state index in [4.69, 9.17) is 0 Å². The highest BCUT2D eigenvalue weighted by molar-refractivity contribution is 5.89. The first kappa shape index (κ1) is 15.7. The van der Waals surface area contributed by atoms with Crippen LogP contribution in [-0.2, 0) is 6.54 Å². The van der Waals surface area contributed by atoms with Crippen molar-refractivity contribution in [1.82, 2.24) is 10.3 Å². The highest BCUT2D eigenvalue weighted by Gasteiger charge is 2.21. The molecule has 1 saturated carbocycles. The van der Waals surface area contributed by atoms with E-state index in [1.807, 2.05) is 12.1 Å². The van der Waals surface area contributed by atoms with Crippen LogP contribution in [0.2, 0.25) is 0 Å². The summed E-state index contributed by atoms with van der Waals surface area (Å²) in [6.45, 7) is 0.336. The molecule has 8 heteroatoms. The number of hydrogen-bond donors (Lipinski definition) is 3. The number of carbonyl (C=O) groups is 1. The molecule has 1 heterocycles. The number of urea groups is 1. The molecule has 0 saturated heterocycles. The molecule has 1 aromatic heterocycles. The molecule has 3 rings (SSSR count). The number of nitrogens with one attached hydrogen (secondary N) is 3. The summed E-state index contributed by atoms with van der Waals surface area (Å²) >= 11 is 0. The number of benzene rings is 1. The summed E-state index contributed by atoms with van der Waals surface area (Å²) in [5, 5.41) is 19.3. The number of amides is 2. The Kier molecular flexibility index (Phi) is 4.55. The van der Waals surface area contributed by atoms with Crippen LogP contribution in [0, 0.1) is 10.1 Å². The number of nitro groups is 1. The molecule has 124 valence electrons. The van der Waals surface area contributed by atoms with E-state index in [2.05, 4.69) is 20.9 Å². The molecule has 2 aromatic rings. The van der Waals surface area contributed by atoms with Gasteiger partial charge in [0.05, 0.1) is 4.92 Å². The van der Waals surface area contributed by atoms with Crippen LogP contribution < -0.4 is 16.0 Å². The van der Waals surface area contributed by atoms with Crippen LogP contribution in [0.25, 0.3) is 0 Å². The van der Waals surface area contributed by atoms with E-state index in [9.17, 15) is 14.9 Å². The van der Waals surface area contributed by atoms with Gasteiger partial charge < -0.3 is 16.0 Å². The van der Waals surface area contributed by atoms with Gasteiger partial charge in [0.25, 0.3) is 5.69 Å². The first-order valence-electron chi connectivity index (χ1n) is 7.61. The fourth-order valence-electron chi connectivity index (χ4n) is 2.15. The van der Waals surface area contributed by atoms with Gasteiger partial charge in [-0.15, -0.1) is 0 Å². The fourth-order valence-corrected chi connectivity index (χ4v) is 2.15. The van der Waals surface area contributed by atoms with Crippen molar-refractivity contribution in [3.63, 3.8) is 0 Å². The molecule has 0 aliphatic heterocycles. The Morgan fingerprint density at radius 3 is 2.88 bits per heavy atom. The summed E-state index contributed by atoms with van der Waals surface area (Å²) in [5.41, 5.74) is 1.22. The van der Waals surface area contributed by atoms with E-state index in [1.165, 1.54) is 18.2 Å². The molecule has 0 unspecified atom stereocenters. The number of carbonyl (C=O) groups excluding carboxylic acids is 1. The second-order valence-electron chi connectivity index (χ2n) is 5.58.